The monoisotopic (exact) mass is 273 g/mol. The maximum atomic E-state index is 12.6. The summed E-state index contributed by atoms with van der Waals surface area (Å²) >= 11 is 0. The van der Waals surface area contributed by atoms with Crippen LogP contribution >= 0.6 is 0 Å². The van der Waals surface area contributed by atoms with E-state index in [0.717, 1.165) is 12.1 Å². The van der Waals surface area contributed by atoms with Gasteiger partial charge in [0.1, 0.15) is 6.04 Å². The molecule has 104 valence electrons. The smallest absolute Gasteiger partial charge is 0.416 e. The predicted octanol–water partition coefficient (Wildman–Crippen LogP) is 2.54. The maximum Gasteiger partial charge on any atom is 0.416 e. The molecular formula is C13H14F3NO2. The van der Waals surface area contributed by atoms with Crippen molar-refractivity contribution >= 4 is 5.97 Å². The fourth-order valence-corrected chi connectivity index (χ4v) is 2.39. The van der Waals surface area contributed by atoms with Crippen molar-refractivity contribution in [2.75, 3.05) is 6.54 Å². The summed E-state index contributed by atoms with van der Waals surface area (Å²) in [7, 11) is 0. The molecule has 0 aliphatic carbocycles. The Labute approximate surface area is 108 Å². The molecule has 0 saturated heterocycles. The SMILES string of the molecule is CCN1Cc2cc(C(F)(F)F)ccc2C[C@H]1C(=O)O. The largest absolute Gasteiger partial charge is 0.480 e. The first-order chi connectivity index (χ1) is 8.82. The molecule has 1 aromatic carbocycles. The van der Waals surface area contributed by atoms with Gasteiger partial charge in [-0.3, -0.25) is 9.69 Å². The number of aliphatic carboxylic acids is 1. The lowest BCUT2D eigenvalue weighted by Crippen LogP contribution is -2.45. The highest BCUT2D eigenvalue weighted by atomic mass is 19.4. The third kappa shape index (κ3) is 2.73. The van der Waals surface area contributed by atoms with Crippen molar-refractivity contribution in [2.24, 2.45) is 0 Å². The van der Waals surface area contributed by atoms with E-state index in [1.165, 1.54) is 6.07 Å². The second kappa shape index (κ2) is 4.85. The van der Waals surface area contributed by atoms with Crippen LogP contribution in [0.3, 0.4) is 0 Å². The van der Waals surface area contributed by atoms with E-state index < -0.39 is 23.8 Å². The van der Waals surface area contributed by atoms with Crippen LogP contribution in [-0.2, 0) is 23.9 Å². The van der Waals surface area contributed by atoms with Crippen LogP contribution in [0.1, 0.15) is 23.6 Å². The fourth-order valence-electron chi connectivity index (χ4n) is 2.39. The van der Waals surface area contributed by atoms with Crippen LogP contribution in [-0.4, -0.2) is 28.6 Å². The zero-order valence-corrected chi connectivity index (χ0v) is 10.4. The van der Waals surface area contributed by atoms with Crippen LogP contribution in [0.15, 0.2) is 18.2 Å². The van der Waals surface area contributed by atoms with Gasteiger partial charge in [0.25, 0.3) is 0 Å². The Morgan fingerprint density at radius 1 is 1.42 bits per heavy atom. The molecule has 0 fully saturated rings. The Hall–Kier alpha value is -1.56. The number of fused-ring (bicyclic) bond motifs is 1. The molecule has 0 aromatic heterocycles. The van der Waals surface area contributed by atoms with E-state index >= 15 is 0 Å². The molecule has 3 nitrogen and oxygen atoms in total. The Morgan fingerprint density at radius 2 is 2.11 bits per heavy atom. The van der Waals surface area contributed by atoms with E-state index in [9.17, 15) is 18.0 Å². The van der Waals surface area contributed by atoms with Gasteiger partial charge in [0, 0.05) is 6.54 Å². The molecule has 1 aromatic rings. The van der Waals surface area contributed by atoms with Crippen LogP contribution in [0, 0.1) is 0 Å². The minimum absolute atomic E-state index is 0.243. The van der Waals surface area contributed by atoms with Crippen molar-refractivity contribution in [2.45, 2.75) is 32.1 Å². The molecule has 1 N–H and O–H groups in total. The summed E-state index contributed by atoms with van der Waals surface area (Å²) in [6, 6.07) is 2.87. The number of benzene rings is 1. The molecule has 19 heavy (non-hydrogen) atoms. The van der Waals surface area contributed by atoms with Crippen LogP contribution in [0.4, 0.5) is 13.2 Å². The molecule has 0 amide bonds. The van der Waals surface area contributed by atoms with Crippen LogP contribution in [0.25, 0.3) is 0 Å². The number of carboxylic acids is 1. The van der Waals surface area contributed by atoms with Gasteiger partial charge in [0.05, 0.1) is 5.56 Å². The van der Waals surface area contributed by atoms with Crippen LogP contribution in [0.2, 0.25) is 0 Å². The summed E-state index contributed by atoms with van der Waals surface area (Å²) in [4.78, 5) is 12.8. The Kier molecular flexibility index (Phi) is 3.54. The third-order valence-corrected chi connectivity index (χ3v) is 3.45. The predicted molar refractivity (Wildman–Crippen MR) is 62.7 cm³/mol. The second-order valence-corrected chi connectivity index (χ2v) is 4.60. The lowest BCUT2D eigenvalue weighted by Gasteiger charge is -2.33. The molecule has 2 rings (SSSR count). The molecule has 1 aliphatic heterocycles. The van der Waals surface area contributed by atoms with Gasteiger partial charge in [-0.1, -0.05) is 13.0 Å². The molecule has 1 aliphatic rings. The number of halogens is 3. The minimum atomic E-state index is -4.37. The van der Waals surface area contributed by atoms with E-state index in [1.54, 1.807) is 11.8 Å². The summed E-state index contributed by atoms with van der Waals surface area (Å²) in [6.07, 6.45) is -4.12. The zero-order valence-electron chi connectivity index (χ0n) is 10.4. The molecule has 1 heterocycles. The van der Waals surface area contributed by atoms with E-state index in [1.807, 2.05) is 0 Å². The third-order valence-electron chi connectivity index (χ3n) is 3.45. The van der Waals surface area contributed by atoms with Crippen molar-refractivity contribution in [1.29, 1.82) is 0 Å². The lowest BCUT2D eigenvalue weighted by molar-refractivity contribution is -0.144. The molecule has 0 unspecified atom stereocenters. The molecule has 6 heteroatoms. The molecule has 0 saturated carbocycles. The summed E-state index contributed by atoms with van der Waals surface area (Å²) < 4.78 is 37.9. The molecule has 0 spiro atoms. The normalized spacial score (nSPS) is 20.1. The number of carbonyl (C=O) groups is 1. The van der Waals surface area contributed by atoms with Crippen molar-refractivity contribution in [3.05, 3.63) is 34.9 Å². The summed E-state index contributed by atoms with van der Waals surface area (Å²) in [6.45, 7) is 2.54. The highest BCUT2D eigenvalue weighted by Crippen LogP contribution is 2.33. The van der Waals surface area contributed by atoms with Gasteiger partial charge in [-0.05, 0) is 36.2 Å². The van der Waals surface area contributed by atoms with Gasteiger partial charge in [0.15, 0.2) is 0 Å². The highest BCUT2D eigenvalue weighted by molar-refractivity contribution is 5.74. The quantitative estimate of drug-likeness (QED) is 0.900. The van der Waals surface area contributed by atoms with Gasteiger partial charge in [0.2, 0.25) is 0 Å². The Balaban J connectivity index is 2.36. The average molecular weight is 273 g/mol. The van der Waals surface area contributed by atoms with Crippen molar-refractivity contribution < 1.29 is 23.1 Å². The maximum absolute atomic E-state index is 12.6. The Bertz CT molecular complexity index is 499. The number of hydrogen-bond donors (Lipinski definition) is 1. The topological polar surface area (TPSA) is 40.5 Å². The van der Waals surface area contributed by atoms with Crippen molar-refractivity contribution in [3.63, 3.8) is 0 Å². The van der Waals surface area contributed by atoms with Crippen molar-refractivity contribution in [1.82, 2.24) is 4.90 Å². The van der Waals surface area contributed by atoms with Gasteiger partial charge in [-0.25, -0.2) is 0 Å². The Morgan fingerprint density at radius 3 is 2.63 bits per heavy atom. The number of likely N-dealkylation sites (N-methyl/N-ethyl adjacent to an activating group) is 1. The van der Waals surface area contributed by atoms with E-state index in [-0.39, 0.29) is 13.0 Å². The summed E-state index contributed by atoms with van der Waals surface area (Å²) in [5.41, 5.74) is 0.565. The van der Waals surface area contributed by atoms with Crippen molar-refractivity contribution in [3.8, 4) is 0 Å². The first-order valence-corrected chi connectivity index (χ1v) is 5.98. The van der Waals surface area contributed by atoms with Gasteiger partial charge in [-0.15, -0.1) is 0 Å². The zero-order chi connectivity index (χ0) is 14.2. The number of nitrogens with zero attached hydrogens (tertiary/aromatic N) is 1. The van der Waals surface area contributed by atoms with Crippen LogP contribution < -0.4 is 0 Å². The van der Waals surface area contributed by atoms with Crippen LogP contribution in [0.5, 0.6) is 0 Å². The minimum Gasteiger partial charge on any atom is -0.480 e. The fraction of sp³-hybridized carbons (Fsp3) is 0.462. The van der Waals surface area contributed by atoms with E-state index in [0.29, 0.717) is 17.7 Å². The summed E-state index contributed by atoms with van der Waals surface area (Å²) in [5, 5.41) is 9.13. The van der Waals surface area contributed by atoms with E-state index in [2.05, 4.69) is 0 Å². The molecule has 1 atom stereocenters. The van der Waals surface area contributed by atoms with Gasteiger partial charge >= 0.3 is 12.1 Å². The molecule has 0 radical (unpaired) electrons. The standard InChI is InChI=1S/C13H14F3NO2/c1-2-17-7-9-5-10(13(14,15)16)4-3-8(9)6-11(17)12(18)19/h3-5,11H,2,6-7H2,1H3,(H,18,19)/t11-/m0/s1. The number of carboxylic acid groups (broad SMARTS) is 1. The number of alkyl halides is 3. The highest BCUT2D eigenvalue weighted by Gasteiger charge is 2.34. The van der Waals surface area contributed by atoms with Gasteiger partial charge < -0.3 is 5.11 Å². The number of hydrogen-bond acceptors (Lipinski definition) is 2. The van der Waals surface area contributed by atoms with E-state index in [4.69, 9.17) is 5.11 Å². The summed E-state index contributed by atoms with van der Waals surface area (Å²) in [5.74, 6) is -0.938. The van der Waals surface area contributed by atoms with Gasteiger partial charge in [-0.2, -0.15) is 13.2 Å². The first-order valence-electron chi connectivity index (χ1n) is 5.98. The number of rotatable bonds is 2. The second-order valence-electron chi connectivity index (χ2n) is 4.60. The lowest BCUT2D eigenvalue weighted by atomic mass is 9.92. The molecular weight excluding hydrogens is 259 g/mol. The molecule has 0 bridgehead atoms. The first kappa shape index (κ1) is 13.9. The average Bonchev–Trinajstić information content (AvgIpc) is 2.35.